The van der Waals surface area contributed by atoms with Gasteiger partial charge in [-0.3, -0.25) is 4.90 Å². The molecule has 1 aliphatic rings. The van der Waals surface area contributed by atoms with E-state index in [1.807, 2.05) is 36.1 Å². The van der Waals surface area contributed by atoms with E-state index < -0.39 is 0 Å². The van der Waals surface area contributed by atoms with Gasteiger partial charge >= 0.3 is 6.03 Å². The molecule has 23 heavy (non-hydrogen) atoms. The molecule has 1 aromatic rings. The first-order chi connectivity index (χ1) is 11.2. The Morgan fingerprint density at radius 2 is 1.78 bits per heavy atom. The number of nitrogens with zero attached hydrogens (tertiary/aromatic N) is 2. The zero-order valence-corrected chi connectivity index (χ0v) is 14.5. The van der Waals surface area contributed by atoms with Crippen molar-refractivity contribution in [2.75, 3.05) is 38.1 Å². The van der Waals surface area contributed by atoms with Crippen LogP contribution in [0.15, 0.2) is 24.3 Å². The molecule has 0 radical (unpaired) electrons. The second-order valence-electron chi connectivity index (χ2n) is 5.98. The van der Waals surface area contributed by atoms with Gasteiger partial charge in [0.25, 0.3) is 0 Å². The molecule has 0 saturated carbocycles. The van der Waals surface area contributed by atoms with Gasteiger partial charge in [0.05, 0.1) is 6.61 Å². The SMILES string of the molecule is CCCN(CCC)C1CN(C(=O)Nc2ccc(OCC)cc2)C1. The van der Waals surface area contributed by atoms with Crippen LogP contribution >= 0.6 is 0 Å². The first-order valence-corrected chi connectivity index (χ1v) is 8.70. The van der Waals surface area contributed by atoms with Crippen molar-refractivity contribution in [1.29, 1.82) is 0 Å². The predicted molar refractivity (Wildman–Crippen MR) is 94.1 cm³/mol. The fraction of sp³-hybridized carbons (Fsp3) is 0.611. The molecule has 1 saturated heterocycles. The number of benzene rings is 1. The monoisotopic (exact) mass is 319 g/mol. The van der Waals surface area contributed by atoms with E-state index in [0.717, 1.165) is 50.5 Å². The Hall–Kier alpha value is -1.75. The van der Waals surface area contributed by atoms with Gasteiger partial charge in [-0.2, -0.15) is 0 Å². The number of hydrogen-bond donors (Lipinski definition) is 1. The lowest BCUT2D eigenvalue weighted by molar-refractivity contribution is 0.0614. The topological polar surface area (TPSA) is 44.8 Å². The Morgan fingerprint density at radius 3 is 2.30 bits per heavy atom. The minimum atomic E-state index is -0.0154. The van der Waals surface area contributed by atoms with Crippen LogP contribution < -0.4 is 10.1 Å². The molecule has 2 amide bonds. The van der Waals surface area contributed by atoms with Gasteiger partial charge in [0.2, 0.25) is 0 Å². The summed E-state index contributed by atoms with van der Waals surface area (Å²) in [7, 11) is 0. The van der Waals surface area contributed by atoms with Crippen molar-refractivity contribution in [3.05, 3.63) is 24.3 Å². The number of carbonyl (C=O) groups is 1. The molecule has 128 valence electrons. The maximum absolute atomic E-state index is 12.3. The quantitative estimate of drug-likeness (QED) is 0.798. The van der Waals surface area contributed by atoms with Crippen LogP contribution in [0.1, 0.15) is 33.6 Å². The molecule has 1 aliphatic heterocycles. The number of likely N-dealkylation sites (tertiary alicyclic amines) is 1. The van der Waals surface area contributed by atoms with Gasteiger partial charge in [-0.05, 0) is 57.1 Å². The molecule has 5 heteroatoms. The summed E-state index contributed by atoms with van der Waals surface area (Å²) in [5.74, 6) is 0.823. The highest BCUT2D eigenvalue weighted by Crippen LogP contribution is 2.19. The number of hydrogen-bond acceptors (Lipinski definition) is 3. The summed E-state index contributed by atoms with van der Waals surface area (Å²) < 4.78 is 5.40. The standard InChI is InChI=1S/C18H29N3O2/c1-4-11-20(12-5-2)16-13-21(14-16)18(22)19-15-7-9-17(10-8-15)23-6-3/h7-10,16H,4-6,11-14H2,1-3H3,(H,19,22). The van der Waals surface area contributed by atoms with Gasteiger partial charge in [-0.25, -0.2) is 4.79 Å². The van der Waals surface area contributed by atoms with Crippen molar-refractivity contribution < 1.29 is 9.53 Å². The lowest BCUT2D eigenvalue weighted by Gasteiger charge is -2.45. The molecule has 5 nitrogen and oxygen atoms in total. The lowest BCUT2D eigenvalue weighted by Crippen LogP contribution is -2.62. The van der Waals surface area contributed by atoms with Gasteiger partial charge in [0.15, 0.2) is 0 Å². The van der Waals surface area contributed by atoms with Crippen LogP contribution in [-0.2, 0) is 0 Å². The molecule has 0 atom stereocenters. The molecule has 0 aromatic heterocycles. The van der Waals surface area contributed by atoms with Gasteiger partial charge in [0.1, 0.15) is 5.75 Å². The van der Waals surface area contributed by atoms with Gasteiger partial charge in [-0.1, -0.05) is 13.8 Å². The molecule has 0 unspecified atom stereocenters. The second-order valence-corrected chi connectivity index (χ2v) is 5.98. The minimum Gasteiger partial charge on any atom is -0.494 e. The smallest absolute Gasteiger partial charge is 0.321 e. The molecule has 1 fully saturated rings. The molecule has 1 N–H and O–H groups in total. The summed E-state index contributed by atoms with van der Waals surface area (Å²) in [5.41, 5.74) is 0.806. The fourth-order valence-electron chi connectivity index (χ4n) is 2.91. The third-order valence-corrected chi connectivity index (χ3v) is 4.10. The summed E-state index contributed by atoms with van der Waals surface area (Å²) in [6.45, 7) is 10.9. The molecule has 1 heterocycles. The Kier molecular flexibility index (Phi) is 6.71. The third-order valence-electron chi connectivity index (χ3n) is 4.10. The highest BCUT2D eigenvalue weighted by atomic mass is 16.5. The minimum absolute atomic E-state index is 0.0154. The molecule has 2 rings (SSSR count). The van der Waals surface area contributed by atoms with E-state index >= 15 is 0 Å². The van der Waals surface area contributed by atoms with Gasteiger partial charge in [-0.15, -0.1) is 0 Å². The van der Waals surface area contributed by atoms with E-state index in [9.17, 15) is 4.79 Å². The first-order valence-electron chi connectivity index (χ1n) is 8.70. The summed E-state index contributed by atoms with van der Waals surface area (Å²) in [4.78, 5) is 16.6. The second kappa shape index (κ2) is 8.77. The predicted octanol–water partition coefficient (Wildman–Crippen LogP) is 3.42. The molecule has 0 aliphatic carbocycles. The van der Waals surface area contributed by atoms with E-state index in [1.165, 1.54) is 0 Å². The van der Waals surface area contributed by atoms with E-state index in [0.29, 0.717) is 12.6 Å². The van der Waals surface area contributed by atoms with Crippen molar-refractivity contribution in [1.82, 2.24) is 9.80 Å². The van der Waals surface area contributed by atoms with E-state index in [1.54, 1.807) is 0 Å². The van der Waals surface area contributed by atoms with Crippen LogP contribution in [0.2, 0.25) is 0 Å². The zero-order chi connectivity index (χ0) is 16.7. The number of ether oxygens (including phenoxy) is 1. The molecule has 1 aromatic carbocycles. The van der Waals surface area contributed by atoms with E-state index in [-0.39, 0.29) is 6.03 Å². The Morgan fingerprint density at radius 1 is 1.17 bits per heavy atom. The van der Waals surface area contributed by atoms with Crippen molar-refractivity contribution in [2.45, 2.75) is 39.7 Å². The number of amides is 2. The number of rotatable bonds is 8. The average Bonchev–Trinajstić information content (AvgIpc) is 2.48. The lowest BCUT2D eigenvalue weighted by atomic mass is 10.1. The molecule has 0 spiro atoms. The summed E-state index contributed by atoms with van der Waals surface area (Å²) in [6, 6.07) is 8.01. The summed E-state index contributed by atoms with van der Waals surface area (Å²) in [6.07, 6.45) is 2.32. The van der Waals surface area contributed by atoms with Crippen molar-refractivity contribution in [3.8, 4) is 5.75 Å². The fourth-order valence-corrected chi connectivity index (χ4v) is 2.91. The van der Waals surface area contributed by atoms with Crippen LogP contribution in [-0.4, -0.2) is 54.7 Å². The number of urea groups is 1. The third kappa shape index (κ3) is 4.86. The highest BCUT2D eigenvalue weighted by molar-refractivity contribution is 5.90. The van der Waals surface area contributed by atoms with E-state index in [4.69, 9.17) is 4.74 Å². The van der Waals surface area contributed by atoms with E-state index in [2.05, 4.69) is 24.1 Å². The van der Waals surface area contributed by atoms with Crippen LogP contribution in [0.4, 0.5) is 10.5 Å². The number of nitrogens with one attached hydrogen (secondary N) is 1. The van der Waals surface area contributed by atoms with Crippen LogP contribution in [0.3, 0.4) is 0 Å². The number of anilines is 1. The molecule has 0 bridgehead atoms. The zero-order valence-electron chi connectivity index (χ0n) is 14.5. The average molecular weight is 319 g/mol. The normalized spacial score (nSPS) is 14.7. The van der Waals surface area contributed by atoms with Crippen LogP contribution in [0, 0.1) is 0 Å². The van der Waals surface area contributed by atoms with Gasteiger partial charge < -0.3 is 15.0 Å². The maximum atomic E-state index is 12.3. The maximum Gasteiger partial charge on any atom is 0.321 e. The van der Waals surface area contributed by atoms with Crippen molar-refractivity contribution in [2.24, 2.45) is 0 Å². The molecular formula is C18H29N3O2. The molecular weight excluding hydrogens is 290 g/mol. The first kappa shape index (κ1) is 17.6. The Balaban J connectivity index is 1.79. The number of carbonyl (C=O) groups excluding carboxylic acids is 1. The summed E-state index contributed by atoms with van der Waals surface area (Å²) >= 11 is 0. The van der Waals surface area contributed by atoms with Crippen molar-refractivity contribution >= 4 is 11.7 Å². The largest absolute Gasteiger partial charge is 0.494 e. The Bertz CT molecular complexity index is 478. The van der Waals surface area contributed by atoms with Crippen LogP contribution in [0.25, 0.3) is 0 Å². The summed E-state index contributed by atoms with van der Waals surface area (Å²) in [5, 5.41) is 2.95. The Labute approximate surface area is 139 Å². The highest BCUT2D eigenvalue weighted by Gasteiger charge is 2.34. The van der Waals surface area contributed by atoms with Crippen LogP contribution in [0.5, 0.6) is 5.75 Å². The van der Waals surface area contributed by atoms with Gasteiger partial charge in [0, 0.05) is 24.8 Å². The van der Waals surface area contributed by atoms with Crippen molar-refractivity contribution in [3.63, 3.8) is 0 Å².